The smallest absolute Gasteiger partial charge is 0.152 e. The van der Waals surface area contributed by atoms with E-state index in [1.54, 1.807) is 6.20 Å². The van der Waals surface area contributed by atoms with E-state index >= 15 is 0 Å². The highest BCUT2D eigenvalue weighted by Crippen LogP contribution is 2.28. The van der Waals surface area contributed by atoms with E-state index in [1.165, 1.54) is 6.33 Å². The van der Waals surface area contributed by atoms with Crippen LogP contribution in [0.25, 0.3) is 0 Å². The molecule has 0 radical (unpaired) electrons. The van der Waals surface area contributed by atoms with Crippen molar-refractivity contribution in [3.8, 4) is 0 Å². The summed E-state index contributed by atoms with van der Waals surface area (Å²) in [5.41, 5.74) is 6.30. The monoisotopic (exact) mass is 208 g/mol. The minimum atomic E-state index is 0.275. The van der Waals surface area contributed by atoms with Gasteiger partial charge >= 0.3 is 0 Å². The average Bonchev–Trinajstić information content (AvgIpc) is 2.69. The summed E-state index contributed by atoms with van der Waals surface area (Å²) in [6, 6.07) is 0.374. The molecule has 0 unspecified atom stereocenters. The number of aliphatic hydroxyl groups is 1. The van der Waals surface area contributed by atoms with Crippen LogP contribution in [0, 0.1) is 5.92 Å². The van der Waals surface area contributed by atoms with Crippen LogP contribution in [-0.4, -0.2) is 27.7 Å². The molecular formula is C10H16N4O. The molecular weight excluding hydrogens is 192 g/mol. The Bertz CT molecular complexity index is 331. The van der Waals surface area contributed by atoms with Gasteiger partial charge in [-0.3, -0.25) is 0 Å². The predicted octanol–water partition coefficient (Wildman–Crippen LogP) is 0.632. The lowest BCUT2D eigenvalue weighted by molar-refractivity contribution is 0.229. The summed E-state index contributed by atoms with van der Waals surface area (Å²) in [6.45, 7) is 0.275. The Kier molecular flexibility index (Phi) is 3.01. The zero-order chi connectivity index (χ0) is 10.7. The third-order valence-electron chi connectivity index (χ3n) is 2.88. The third kappa shape index (κ3) is 2.36. The van der Waals surface area contributed by atoms with Gasteiger partial charge in [0.1, 0.15) is 6.33 Å². The highest BCUT2D eigenvalue weighted by Gasteiger charge is 2.24. The lowest BCUT2D eigenvalue weighted by Gasteiger charge is -2.14. The maximum absolute atomic E-state index is 9.03. The van der Waals surface area contributed by atoms with Crippen LogP contribution < -0.4 is 11.1 Å². The van der Waals surface area contributed by atoms with Crippen molar-refractivity contribution in [1.82, 2.24) is 9.97 Å². The molecule has 4 N–H and O–H groups in total. The van der Waals surface area contributed by atoms with Gasteiger partial charge < -0.3 is 16.2 Å². The van der Waals surface area contributed by atoms with Crippen LogP contribution >= 0.6 is 0 Å². The maximum Gasteiger partial charge on any atom is 0.152 e. The fraction of sp³-hybridized carbons (Fsp3) is 0.600. The molecule has 1 aromatic rings. The molecule has 1 aliphatic rings. The Labute approximate surface area is 88.7 Å². The molecule has 82 valence electrons. The topological polar surface area (TPSA) is 84.1 Å². The summed E-state index contributed by atoms with van der Waals surface area (Å²) in [4.78, 5) is 7.92. The van der Waals surface area contributed by atoms with Crippen LogP contribution in [0.1, 0.15) is 19.3 Å². The zero-order valence-electron chi connectivity index (χ0n) is 8.56. The average molecular weight is 208 g/mol. The molecule has 5 nitrogen and oxygen atoms in total. The predicted molar refractivity (Wildman–Crippen MR) is 58.3 cm³/mol. The summed E-state index contributed by atoms with van der Waals surface area (Å²) in [5.74, 6) is 1.12. The maximum atomic E-state index is 9.03. The summed E-state index contributed by atoms with van der Waals surface area (Å²) in [7, 11) is 0. The number of aromatic nitrogens is 2. The molecule has 0 amide bonds. The second kappa shape index (κ2) is 4.44. The van der Waals surface area contributed by atoms with E-state index in [9.17, 15) is 0 Å². The SMILES string of the molecule is Nc1cncnc1N[C@H]1CC[C@@H](CO)C1. The Morgan fingerprint density at radius 3 is 3.07 bits per heavy atom. The Morgan fingerprint density at radius 1 is 1.53 bits per heavy atom. The number of nitrogens with two attached hydrogens (primary N) is 1. The first kappa shape index (κ1) is 10.2. The quantitative estimate of drug-likeness (QED) is 0.678. The van der Waals surface area contributed by atoms with Gasteiger partial charge in [-0.2, -0.15) is 0 Å². The summed E-state index contributed by atoms with van der Waals surface area (Å²) >= 11 is 0. The van der Waals surface area contributed by atoms with Crippen LogP contribution in [-0.2, 0) is 0 Å². The van der Waals surface area contributed by atoms with E-state index in [1.807, 2.05) is 0 Å². The molecule has 1 heterocycles. The van der Waals surface area contributed by atoms with Crippen molar-refractivity contribution < 1.29 is 5.11 Å². The molecule has 2 atom stereocenters. The number of anilines is 2. The van der Waals surface area contributed by atoms with Crippen LogP contribution in [0.3, 0.4) is 0 Å². The molecule has 2 rings (SSSR count). The van der Waals surface area contributed by atoms with E-state index in [0.29, 0.717) is 23.5 Å². The van der Waals surface area contributed by atoms with Crippen molar-refractivity contribution in [1.29, 1.82) is 0 Å². The van der Waals surface area contributed by atoms with Crippen molar-refractivity contribution in [3.63, 3.8) is 0 Å². The van der Waals surface area contributed by atoms with E-state index in [2.05, 4.69) is 15.3 Å². The van der Waals surface area contributed by atoms with Crippen LogP contribution in [0.2, 0.25) is 0 Å². The molecule has 1 aromatic heterocycles. The van der Waals surface area contributed by atoms with Crippen molar-refractivity contribution >= 4 is 11.5 Å². The molecule has 0 aliphatic heterocycles. The number of nitrogens with zero attached hydrogens (tertiary/aromatic N) is 2. The first-order valence-corrected chi connectivity index (χ1v) is 5.22. The largest absolute Gasteiger partial charge is 0.396 e. The summed E-state index contributed by atoms with van der Waals surface area (Å²) in [5, 5.41) is 12.3. The van der Waals surface area contributed by atoms with Gasteiger partial charge in [-0.05, 0) is 25.2 Å². The van der Waals surface area contributed by atoms with Gasteiger partial charge in [0, 0.05) is 12.6 Å². The number of rotatable bonds is 3. The van der Waals surface area contributed by atoms with Crippen molar-refractivity contribution in [2.75, 3.05) is 17.7 Å². The first-order chi connectivity index (χ1) is 7.29. The van der Waals surface area contributed by atoms with Gasteiger partial charge in [0.2, 0.25) is 0 Å². The second-order valence-corrected chi connectivity index (χ2v) is 4.03. The molecule has 15 heavy (non-hydrogen) atoms. The van der Waals surface area contributed by atoms with Crippen molar-refractivity contribution in [2.45, 2.75) is 25.3 Å². The Hall–Kier alpha value is -1.36. The molecule has 5 heteroatoms. The normalized spacial score (nSPS) is 25.4. The van der Waals surface area contributed by atoms with E-state index in [4.69, 9.17) is 10.8 Å². The number of nitrogens with one attached hydrogen (secondary N) is 1. The second-order valence-electron chi connectivity index (χ2n) is 4.03. The molecule has 0 spiro atoms. The standard InChI is InChI=1S/C10H16N4O/c11-9-4-12-6-13-10(9)14-8-2-1-7(3-8)5-15/h4,6-8,15H,1-3,5,11H2,(H,12,13,14)/t7-,8+/m1/s1. The number of aliphatic hydroxyl groups excluding tert-OH is 1. The van der Waals surface area contributed by atoms with Gasteiger partial charge in [0.05, 0.1) is 11.9 Å². The van der Waals surface area contributed by atoms with E-state index < -0.39 is 0 Å². The fourth-order valence-electron chi connectivity index (χ4n) is 2.03. The lowest BCUT2D eigenvalue weighted by atomic mass is 10.1. The van der Waals surface area contributed by atoms with Gasteiger partial charge in [-0.1, -0.05) is 0 Å². The molecule has 0 bridgehead atoms. The molecule has 0 saturated heterocycles. The third-order valence-corrected chi connectivity index (χ3v) is 2.88. The molecule has 0 aromatic carbocycles. The lowest BCUT2D eigenvalue weighted by Crippen LogP contribution is -2.18. The highest BCUT2D eigenvalue weighted by atomic mass is 16.3. The van der Waals surface area contributed by atoms with Crippen LogP contribution in [0.4, 0.5) is 11.5 Å². The minimum Gasteiger partial charge on any atom is -0.396 e. The van der Waals surface area contributed by atoms with Gasteiger partial charge in [0.15, 0.2) is 5.82 Å². The highest BCUT2D eigenvalue weighted by molar-refractivity contribution is 5.59. The minimum absolute atomic E-state index is 0.275. The zero-order valence-corrected chi connectivity index (χ0v) is 8.56. The molecule has 1 saturated carbocycles. The number of nitrogen functional groups attached to an aromatic ring is 1. The summed E-state index contributed by atoms with van der Waals surface area (Å²) < 4.78 is 0. The fourth-order valence-corrected chi connectivity index (χ4v) is 2.03. The number of hydrogen-bond donors (Lipinski definition) is 3. The van der Waals surface area contributed by atoms with Gasteiger partial charge in [0.25, 0.3) is 0 Å². The first-order valence-electron chi connectivity index (χ1n) is 5.22. The van der Waals surface area contributed by atoms with Gasteiger partial charge in [-0.25, -0.2) is 9.97 Å². The van der Waals surface area contributed by atoms with Crippen molar-refractivity contribution in [3.05, 3.63) is 12.5 Å². The van der Waals surface area contributed by atoms with Gasteiger partial charge in [-0.15, -0.1) is 0 Å². The van der Waals surface area contributed by atoms with Crippen LogP contribution in [0.15, 0.2) is 12.5 Å². The summed E-state index contributed by atoms with van der Waals surface area (Å²) in [6.07, 6.45) is 6.19. The van der Waals surface area contributed by atoms with E-state index in [-0.39, 0.29) is 6.61 Å². The van der Waals surface area contributed by atoms with Crippen LogP contribution in [0.5, 0.6) is 0 Å². The Morgan fingerprint density at radius 2 is 2.40 bits per heavy atom. The van der Waals surface area contributed by atoms with E-state index in [0.717, 1.165) is 19.3 Å². The molecule has 1 fully saturated rings. The number of hydrogen-bond acceptors (Lipinski definition) is 5. The molecule has 1 aliphatic carbocycles. The van der Waals surface area contributed by atoms with Crippen molar-refractivity contribution in [2.24, 2.45) is 5.92 Å². The Balaban J connectivity index is 1.96.